The molecule has 0 saturated carbocycles. The van der Waals surface area contributed by atoms with Crippen LogP contribution in [0, 0.1) is 5.82 Å². The number of hydrogen-bond donors (Lipinski definition) is 1. The summed E-state index contributed by atoms with van der Waals surface area (Å²) in [6, 6.07) is 3.99. The van der Waals surface area contributed by atoms with E-state index >= 15 is 0 Å². The molecule has 0 saturated heterocycles. The van der Waals surface area contributed by atoms with E-state index < -0.39 is 11.8 Å². The molecule has 1 N–H and O–H groups in total. The van der Waals surface area contributed by atoms with Crippen molar-refractivity contribution in [3.63, 3.8) is 0 Å². The summed E-state index contributed by atoms with van der Waals surface area (Å²) < 4.78 is 23.2. The highest BCUT2D eigenvalue weighted by Gasteiger charge is 2.15. The smallest absolute Gasteiger partial charge is 0.340 e. The second-order valence-electron chi connectivity index (χ2n) is 4.27. The van der Waals surface area contributed by atoms with E-state index in [9.17, 15) is 9.18 Å². The fourth-order valence-electron chi connectivity index (χ4n) is 1.91. The van der Waals surface area contributed by atoms with Gasteiger partial charge in [-0.2, -0.15) is 0 Å². The van der Waals surface area contributed by atoms with Crippen molar-refractivity contribution in [3.05, 3.63) is 41.9 Å². The van der Waals surface area contributed by atoms with Gasteiger partial charge in [-0.15, -0.1) is 0 Å². The van der Waals surface area contributed by atoms with Crippen LogP contribution in [0.4, 0.5) is 10.1 Å². The van der Waals surface area contributed by atoms with Crippen molar-refractivity contribution in [3.8, 4) is 0 Å². The Kier molecular flexibility index (Phi) is 4.39. The molecule has 102 valence electrons. The largest absolute Gasteiger partial charge is 0.497 e. The molecule has 0 bridgehead atoms. The van der Waals surface area contributed by atoms with Crippen LogP contribution in [0.15, 0.2) is 30.5 Å². The Balaban J connectivity index is 2.06. The van der Waals surface area contributed by atoms with E-state index in [-0.39, 0.29) is 11.7 Å². The van der Waals surface area contributed by atoms with Gasteiger partial charge in [-0.1, -0.05) is 0 Å². The Hall–Kier alpha value is -2.04. The zero-order chi connectivity index (χ0) is 13.7. The van der Waals surface area contributed by atoms with Crippen molar-refractivity contribution in [2.45, 2.75) is 18.9 Å². The van der Waals surface area contributed by atoms with Crippen LogP contribution in [0.5, 0.6) is 0 Å². The normalized spacial score (nSPS) is 17.7. The predicted octanol–water partition coefficient (Wildman–Crippen LogP) is 2.72. The maximum atomic E-state index is 13.2. The zero-order valence-electron chi connectivity index (χ0n) is 10.7. The first-order chi connectivity index (χ1) is 9.20. The molecule has 0 aliphatic carbocycles. The molecule has 4 nitrogen and oxygen atoms in total. The lowest BCUT2D eigenvalue weighted by Gasteiger charge is -2.21. The van der Waals surface area contributed by atoms with Crippen LogP contribution >= 0.6 is 0 Å². The minimum absolute atomic E-state index is 0.0561. The van der Waals surface area contributed by atoms with Gasteiger partial charge in [0.2, 0.25) is 0 Å². The van der Waals surface area contributed by atoms with Crippen LogP contribution in [0.1, 0.15) is 23.2 Å². The fraction of sp³-hybridized carbons (Fsp3) is 0.357. The molecular weight excluding hydrogens is 249 g/mol. The number of rotatable bonds is 4. The number of ether oxygens (including phenoxy) is 2. The van der Waals surface area contributed by atoms with Gasteiger partial charge in [-0.3, -0.25) is 0 Å². The van der Waals surface area contributed by atoms with Gasteiger partial charge in [0.25, 0.3) is 0 Å². The van der Waals surface area contributed by atoms with Crippen molar-refractivity contribution in [2.75, 3.05) is 19.0 Å². The monoisotopic (exact) mass is 265 g/mol. The summed E-state index contributed by atoms with van der Waals surface area (Å²) in [5.74, 6) is -1.03. The van der Waals surface area contributed by atoms with Gasteiger partial charge in [0.05, 0.1) is 25.5 Å². The lowest BCUT2D eigenvalue weighted by Crippen LogP contribution is -2.24. The van der Waals surface area contributed by atoms with Crippen molar-refractivity contribution in [1.82, 2.24) is 0 Å². The van der Waals surface area contributed by atoms with Crippen molar-refractivity contribution in [2.24, 2.45) is 0 Å². The van der Waals surface area contributed by atoms with Crippen LogP contribution in [0.25, 0.3) is 0 Å². The maximum Gasteiger partial charge on any atom is 0.340 e. The van der Waals surface area contributed by atoms with Gasteiger partial charge in [0, 0.05) is 5.69 Å². The molecule has 0 fully saturated rings. The summed E-state index contributed by atoms with van der Waals surface area (Å²) in [5.41, 5.74) is 0.736. The quantitative estimate of drug-likeness (QED) is 0.850. The number of hydrogen-bond acceptors (Lipinski definition) is 4. The number of anilines is 1. The van der Waals surface area contributed by atoms with Gasteiger partial charge in [-0.25, -0.2) is 9.18 Å². The minimum atomic E-state index is -0.563. The zero-order valence-corrected chi connectivity index (χ0v) is 10.7. The Morgan fingerprint density at radius 1 is 1.58 bits per heavy atom. The molecular formula is C14H16FNO3. The van der Waals surface area contributed by atoms with Crippen molar-refractivity contribution in [1.29, 1.82) is 0 Å². The number of methoxy groups -OCH3 is 1. The molecule has 0 spiro atoms. The molecule has 1 aromatic rings. The van der Waals surface area contributed by atoms with Gasteiger partial charge in [0.1, 0.15) is 11.9 Å². The van der Waals surface area contributed by atoms with Gasteiger partial charge >= 0.3 is 5.97 Å². The van der Waals surface area contributed by atoms with E-state index in [1.165, 1.54) is 19.2 Å². The minimum Gasteiger partial charge on any atom is -0.497 e. The van der Waals surface area contributed by atoms with E-state index in [1.807, 2.05) is 6.08 Å². The van der Waals surface area contributed by atoms with Crippen LogP contribution in [0.2, 0.25) is 0 Å². The summed E-state index contributed by atoms with van der Waals surface area (Å²) in [4.78, 5) is 11.6. The highest BCUT2D eigenvalue weighted by molar-refractivity contribution is 5.95. The van der Waals surface area contributed by atoms with Crippen LogP contribution in [-0.2, 0) is 9.47 Å². The molecule has 1 atom stereocenters. The van der Waals surface area contributed by atoms with E-state index in [2.05, 4.69) is 10.1 Å². The Morgan fingerprint density at radius 2 is 2.42 bits per heavy atom. The average Bonchev–Trinajstić information content (AvgIpc) is 2.46. The van der Waals surface area contributed by atoms with E-state index in [4.69, 9.17) is 4.74 Å². The summed E-state index contributed by atoms with van der Waals surface area (Å²) in [6.45, 7) is 0.556. The van der Waals surface area contributed by atoms with Gasteiger partial charge < -0.3 is 14.8 Å². The molecule has 0 radical (unpaired) electrons. The molecule has 19 heavy (non-hydrogen) atoms. The van der Waals surface area contributed by atoms with E-state index in [0.29, 0.717) is 12.2 Å². The van der Waals surface area contributed by atoms with Crippen LogP contribution < -0.4 is 5.32 Å². The molecule has 0 aromatic heterocycles. The van der Waals surface area contributed by atoms with Crippen molar-refractivity contribution >= 4 is 11.7 Å². The first-order valence-corrected chi connectivity index (χ1v) is 6.13. The van der Waals surface area contributed by atoms with E-state index in [0.717, 1.165) is 18.9 Å². The average molecular weight is 265 g/mol. The Labute approximate surface area is 111 Å². The van der Waals surface area contributed by atoms with Gasteiger partial charge in [-0.05, 0) is 37.1 Å². The predicted molar refractivity (Wildman–Crippen MR) is 69.5 cm³/mol. The number of esters is 1. The Bertz CT molecular complexity index is 488. The first-order valence-electron chi connectivity index (χ1n) is 6.13. The Morgan fingerprint density at radius 3 is 3.11 bits per heavy atom. The maximum absolute atomic E-state index is 13.2. The molecule has 1 unspecified atom stereocenters. The van der Waals surface area contributed by atoms with Gasteiger partial charge in [0.15, 0.2) is 0 Å². The molecule has 1 aliphatic rings. The number of halogens is 1. The first kappa shape index (κ1) is 13.4. The summed E-state index contributed by atoms with van der Waals surface area (Å²) in [5, 5.41) is 3.10. The number of carbonyl (C=O) groups excluding carboxylic acids is 1. The fourth-order valence-corrected chi connectivity index (χ4v) is 1.91. The SMILES string of the molecule is COC(=O)c1cc(F)ccc1NCC1CCC=CO1. The molecule has 1 aromatic carbocycles. The number of nitrogens with one attached hydrogen (secondary N) is 1. The third-order valence-electron chi connectivity index (χ3n) is 2.93. The number of carbonyl (C=O) groups is 1. The van der Waals surface area contributed by atoms with Crippen LogP contribution in [-0.4, -0.2) is 25.7 Å². The van der Waals surface area contributed by atoms with E-state index in [1.54, 1.807) is 6.26 Å². The summed E-state index contributed by atoms with van der Waals surface area (Å²) >= 11 is 0. The molecule has 1 aliphatic heterocycles. The highest BCUT2D eigenvalue weighted by Crippen LogP contribution is 2.19. The standard InChI is InChI=1S/C14H16FNO3/c1-18-14(17)12-8-10(15)5-6-13(12)16-9-11-4-2-3-7-19-11/h3,5-8,11,16H,2,4,9H2,1H3. The molecule has 5 heteroatoms. The van der Waals surface area contributed by atoms with Crippen LogP contribution in [0.3, 0.4) is 0 Å². The number of benzene rings is 1. The molecule has 2 rings (SSSR count). The summed E-state index contributed by atoms with van der Waals surface area (Å²) in [6.07, 6.45) is 5.59. The number of allylic oxidation sites excluding steroid dienone is 1. The summed E-state index contributed by atoms with van der Waals surface area (Å²) in [7, 11) is 1.27. The molecule has 1 heterocycles. The second kappa shape index (κ2) is 6.22. The third-order valence-corrected chi connectivity index (χ3v) is 2.93. The third kappa shape index (κ3) is 3.47. The topological polar surface area (TPSA) is 47.6 Å². The molecule has 0 amide bonds. The van der Waals surface area contributed by atoms with Crippen molar-refractivity contribution < 1.29 is 18.7 Å². The lowest BCUT2D eigenvalue weighted by atomic mass is 10.1. The second-order valence-corrected chi connectivity index (χ2v) is 4.27. The lowest BCUT2D eigenvalue weighted by molar-refractivity contribution is 0.0601. The highest BCUT2D eigenvalue weighted by atomic mass is 19.1.